The Balaban J connectivity index is 2.61. The minimum absolute atomic E-state index is 0.269. The highest BCUT2D eigenvalue weighted by Gasteiger charge is 2.18. The summed E-state index contributed by atoms with van der Waals surface area (Å²) < 4.78 is 0. The Bertz CT molecular complexity index is 385. The summed E-state index contributed by atoms with van der Waals surface area (Å²) in [5.74, 6) is 0.716. The number of Topliss-reactive ketones (excluding diaryl/α,β-unsaturated/α-hetero) is 1. The van der Waals surface area contributed by atoms with Gasteiger partial charge < -0.3 is 0 Å². The number of ketones is 1. The Morgan fingerprint density at radius 2 is 1.94 bits per heavy atom. The monoisotopic (exact) mass is 232 g/mol. The van der Waals surface area contributed by atoms with Gasteiger partial charge in [-0.05, 0) is 30.7 Å². The van der Waals surface area contributed by atoms with Crippen molar-refractivity contribution in [3.63, 3.8) is 0 Å². The lowest BCUT2D eigenvalue weighted by atomic mass is 9.83. The van der Waals surface area contributed by atoms with Gasteiger partial charge in [-0.1, -0.05) is 51.5 Å². The van der Waals surface area contributed by atoms with Crippen molar-refractivity contribution in [3.8, 4) is 0 Å². The average Bonchev–Trinajstić information content (AvgIpc) is 2.14. The third kappa shape index (κ3) is 5.16. The average molecular weight is 232 g/mol. The molecule has 1 nitrogen and oxygen atoms in total. The summed E-state index contributed by atoms with van der Waals surface area (Å²) in [6.07, 6.45) is 1.74. The second-order valence-corrected chi connectivity index (χ2v) is 6.37. The van der Waals surface area contributed by atoms with E-state index in [-0.39, 0.29) is 5.78 Å². The van der Waals surface area contributed by atoms with E-state index in [1.165, 1.54) is 0 Å². The molecule has 1 aromatic rings. The Morgan fingerprint density at radius 1 is 1.29 bits per heavy atom. The number of aryl methyl sites for hydroxylation is 1. The van der Waals surface area contributed by atoms with Crippen LogP contribution in [0.15, 0.2) is 24.3 Å². The third-order valence-corrected chi connectivity index (χ3v) is 2.83. The highest BCUT2D eigenvalue weighted by Crippen LogP contribution is 2.26. The number of hydrogen-bond acceptors (Lipinski definition) is 1. The van der Waals surface area contributed by atoms with Crippen molar-refractivity contribution in [1.29, 1.82) is 0 Å². The van der Waals surface area contributed by atoms with Crippen molar-refractivity contribution in [2.24, 2.45) is 11.3 Å². The minimum Gasteiger partial charge on any atom is -0.294 e. The van der Waals surface area contributed by atoms with Crippen LogP contribution < -0.4 is 0 Å². The third-order valence-electron chi connectivity index (χ3n) is 2.83. The molecule has 0 aliphatic rings. The molecule has 0 saturated carbocycles. The molecule has 0 N–H and O–H groups in total. The normalized spacial score (nSPS) is 13.5. The smallest absolute Gasteiger partial charge is 0.163 e. The van der Waals surface area contributed by atoms with Crippen molar-refractivity contribution in [2.45, 2.75) is 47.5 Å². The van der Waals surface area contributed by atoms with E-state index < -0.39 is 0 Å². The molecule has 0 aliphatic heterocycles. The maximum Gasteiger partial charge on any atom is 0.163 e. The molecule has 0 spiro atoms. The van der Waals surface area contributed by atoms with E-state index >= 15 is 0 Å². The van der Waals surface area contributed by atoms with Crippen LogP contribution in [0.3, 0.4) is 0 Å². The zero-order valence-corrected chi connectivity index (χ0v) is 11.7. The summed E-state index contributed by atoms with van der Waals surface area (Å²) in [4.78, 5) is 12.1. The Kier molecular flexibility index (Phi) is 4.50. The lowest BCUT2D eigenvalue weighted by Gasteiger charge is -2.22. The van der Waals surface area contributed by atoms with Crippen LogP contribution >= 0.6 is 0 Å². The lowest BCUT2D eigenvalue weighted by Crippen LogP contribution is -2.14. The van der Waals surface area contributed by atoms with Crippen molar-refractivity contribution >= 4 is 5.78 Å². The molecule has 1 unspecified atom stereocenters. The Morgan fingerprint density at radius 3 is 2.47 bits per heavy atom. The second-order valence-electron chi connectivity index (χ2n) is 6.37. The predicted molar refractivity (Wildman–Crippen MR) is 73.4 cm³/mol. The van der Waals surface area contributed by atoms with Gasteiger partial charge in [0, 0.05) is 12.0 Å². The molecule has 0 heterocycles. The van der Waals surface area contributed by atoms with E-state index in [9.17, 15) is 4.79 Å². The molecule has 0 aromatic heterocycles. The van der Waals surface area contributed by atoms with Gasteiger partial charge in [-0.25, -0.2) is 0 Å². The number of carbonyl (C=O) groups excluding carboxylic acids is 1. The van der Waals surface area contributed by atoms with Crippen LogP contribution in [0.25, 0.3) is 0 Å². The van der Waals surface area contributed by atoms with Gasteiger partial charge in [0.05, 0.1) is 0 Å². The van der Waals surface area contributed by atoms with Crippen molar-refractivity contribution in [2.75, 3.05) is 0 Å². The van der Waals surface area contributed by atoms with Crippen molar-refractivity contribution < 1.29 is 4.79 Å². The van der Waals surface area contributed by atoms with E-state index in [0.29, 0.717) is 17.8 Å². The highest BCUT2D eigenvalue weighted by atomic mass is 16.1. The van der Waals surface area contributed by atoms with E-state index in [1.807, 2.05) is 31.2 Å². The topological polar surface area (TPSA) is 17.1 Å². The molecule has 0 amide bonds. The largest absolute Gasteiger partial charge is 0.294 e. The first kappa shape index (κ1) is 14.0. The first-order valence-corrected chi connectivity index (χ1v) is 6.38. The van der Waals surface area contributed by atoms with Crippen LogP contribution in [0.2, 0.25) is 0 Å². The molecule has 0 radical (unpaired) electrons. The molecule has 0 saturated heterocycles. The van der Waals surface area contributed by atoms with E-state index in [2.05, 4.69) is 27.7 Å². The number of benzene rings is 1. The van der Waals surface area contributed by atoms with Crippen LogP contribution in [-0.4, -0.2) is 5.78 Å². The quantitative estimate of drug-likeness (QED) is 0.691. The van der Waals surface area contributed by atoms with E-state index in [0.717, 1.165) is 17.5 Å². The van der Waals surface area contributed by atoms with Gasteiger partial charge in [-0.3, -0.25) is 4.79 Å². The minimum atomic E-state index is 0.269. The standard InChI is InChI=1S/C16H24O/c1-12-7-6-8-14(9-12)15(17)10-13(2)11-16(3,4)5/h6-9,13H,10-11H2,1-5H3. The molecule has 0 bridgehead atoms. The maximum atomic E-state index is 12.1. The van der Waals surface area contributed by atoms with Crippen LogP contribution in [-0.2, 0) is 0 Å². The predicted octanol–water partition coefficient (Wildman–Crippen LogP) is 4.64. The van der Waals surface area contributed by atoms with E-state index in [1.54, 1.807) is 0 Å². The lowest BCUT2D eigenvalue weighted by molar-refractivity contribution is 0.0954. The first-order valence-electron chi connectivity index (χ1n) is 6.38. The summed E-state index contributed by atoms with van der Waals surface area (Å²) >= 11 is 0. The fourth-order valence-electron chi connectivity index (χ4n) is 2.37. The van der Waals surface area contributed by atoms with Crippen LogP contribution in [0.1, 0.15) is 56.5 Å². The first-order chi connectivity index (χ1) is 7.78. The summed E-state index contributed by atoms with van der Waals surface area (Å²) in [7, 11) is 0. The molecule has 0 aliphatic carbocycles. The number of rotatable bonds is 4. The molecule has 0 fully saturated rings. The van der Waals surface area contributed by atoms with Crippen LogP contribution in [0.5, 0.6) is 0 Å². The van der Waals surface area contributed by atoms with Gasteiger partial charge >= 0.3 is 0 Å². The fraction of sp³-hybridized carbons (Fsp3) is 0.562. The van der Waals surface area contributed by atoms with Gasteiger partial charge in [-0.2, -0.15) is 0 Å². The summed E-state index contributed by atoms with van der Waals surface area (Å²) in [6.45, 7) is 10.9. The fourth-order valence-corrected chi connectivity index (χ4v) is 2.37. The summed E-state index contributed by atoms with van der Waals surface area (Å²) in [5, 5.41) is 0. The van der Waals surface area contributed by atoms with Gasteiger partial charge in [0.2, 0.25) is 0 Å². The molecule has 1 heteroatoms. The van der Waals surface area contributed by atoms with Crippen molar-refractivity contribution in [3.05, 3.63) is 35.4 Å². The number of hydrogen-bond donors (Lipinski definition) is 0. The van der Waals surface area contributed by atoms with Crippen LogP contribution in [0.4, 0.5) is 0 Å². The molecule has 17 heavy (non-hydrogen) atoms. The van der Waals surface area contributed by atoms with Gasteiger partial charge in [0.1, 0.15) is 0 Å². The zero-order chi connectivity index (χ0) is 13.1. The molecule has 94 valence electrons. The maximum absolute atomic E-state index is 12.1. The zero-order valence-electron chi connectivity index (χ0n) is 11.7. The van der Waals surface area contributed by atoms with E-state index in [4.69, 9.17) is 0 Å². The molecule has 1 aromatic carbocycles. The molecular formula is C16H24O. The van der Waals surface area contributed by atoms with Crippen LogP contribution in [0, 0.1) is 18.3 Å². The number of carbonyl (C=O) groups is 1. The second kappa shape index (κ2) is 5.48. The summed E-state index contributed by atoms with van der Waals surface area (Å²) in [5.41, 5.74) is 2.30. The SMILES string of the molecule is Cc1cccc(C(=O)CC(C)CC(C)(C)C)c1. The Hall–Kier alpha value is -1.11. The Labute approximate surface area is 105 Å². The molecule has 1 rings (SSSR count). The molecule has 1 atom stereocenters. The van der Waals surface area contributed by atoms with Gasteiger partial charge in [-0.15, -0.1) is 0 Å². The summed E-state index contributed by atoms with van der Waals surface area (Å²) in [6, 6.07) is 7.87. The van der Waals surface area contributed by atoms with Crippen molar-refractivity contribution in [1.82, 2.24) is 0 Å². The highest BCUT2D eigenvalue weighted by molar-refractivity contribution is 5.96. The van der Waals surface area contributed by atoms with Gasteiger partial charge in [0.25, 0.3) is 0 Å². The molecular weight excluding hydrogens is 208 g/mol. The van der Waals surface area contributed by atoms with Gasteiger partial charge in [0.15, 0.2) is 5.78 Å².